The van der Waals surface area contributed by atoms with Crippen LogP contribution < -0.4 is 5.32 Å². The van der Waals surface area contributed by atoms with E-state index in [1.165, 1.54) is 45.6 Å². The molecule has 0 aromatic carbocycles. The molecule has 1 aromatic rings. The smallest absolute Gasteiger partial charge is 0.0596 e. The SMILES string of the molecule is CN1CCN(C(c2cccs2)C2CCCN2)CC1. The molecule has 2 aliphatic heterocycles. The molecule has 0 saturated carbocycles. The minimum absolute atomic E-state index is 0.598. The van der Waals surface area contributed by atoms with Crippen molar-refractivity contribution >= 4 is 11.3 Å². The molecule has 1 N–H and O–H groups in total. The molecular weight excluding hydrogens is 242 g/mol. The van der Waals surface area contributed by atoms with Gasteiger partial charge in [-0.05, 0) is 37.9 Å². The van der Waals surface area contributed by atoms with E-state index in [1.807, 2.05) is 11.3 Å². The van der Waals surface area contributed by atoms with Gasteiger partial charge in [0.25, 0.3) is 0 Å². The van der Waals surface area contributed by atoms with E-state index in [9.17, 15) is 0 Å². The van der Waals surface area contributed by atoms with Crippen LogP contribution in [-0.2, 0) is 0 Å². The second-order valence-electron chi connectivity index (χ2n) is 5.50. The normalized spacial score (nSPS) is 28.6. The molecule has 2 saturated heterocycles. The van der Waals surface area contributed by atoms with E-state index >= 15 is 0 Å². The van der Waals surface area contributed by atoms with E-state index in [0.717, 1.165) is 0 Å². The lowest BCUT2D eigenvalue weighted by Gasteiger charge is -2.40. The van der Waals surface area contributed by atoms with Crippen molar-refractivity contribution in [3.05, 3.63) is 22.4 Å². The number of thiophene rings is 1. The third-order valence-corrected chi connectivity index (χ3v) is 5.19. The van der Waals surface area contributed by atoms with Gasteiger partial charge in [0.05, 0.1) is 6.04 Å². The summed E-state index contributed by atoms with van der Waals surface area (Å²) in [4.78, 5) is 6.66. The Kier molecular flexibility index (Phi) is 3.99. The molecule has 2 atom stereocenters. The third kappa shape index (κ3) is 2.62. The average Bonchev–Trinajstić information content (AvgIpc) is 3.06. The van der Waals surface area contributed by atoms with Gasteiger partial charge < -0.3 is 10.2 Å². The van der Waals surface area contributed by atoms with Crippen molar-refractivity contribution in [2.24, 2.45) is 0 Å². The maximum absolute atomic E-state index is 3.70. The lowest BCUT2D eigenvalue weighted by atomic mass is 10.0. The molecule has 3 rings (SSSR count). The zero-order valence-electron chi connectivity index (χ0n) is 11.1. The van der Waals surface area contributed by atoms with Gasteiger partial charge in [-0.25, -0.2) is 0 Å². The number of piperazine rings is 1. The highest BCUT2D eigenvalue weighted by Crippen LogP contribution is 2.32. The van der Waals surface area contributed by atoms with Crippen molar-refractivity contribution in [1.29, 1.82) is 0 Å². The molecule has 0 amide bonds. The number of hydrogen-bond donors (Lipinski definition) is 1. The Labute approximate surface area is 114 Å². The predicted molar refractivity (Wildman–Crippen MR) is 77.2 cm³/mol. The van der Waals surface area contributed by atoms with Crippen LogP contribution in [0.4, 0.5) is 0 Å². The second kappa shape index (κ2) is 5.70. The molecule has 0 bridgehead atoms. The van der Waals surface area contributed by atoms with Crippen molar-refractivity contribution in [1.82, 2.24) is 15.1 Å². The molecule has 2 unspecified atom stereocenters. The quantitative estimate of drug-likeness (QED) is 0.899. The highest BCUT2D eigenvalue weighted by molar-refractivity contribution is 7.10. The molecule has 0 aliphatic carbocycles. The van der Waals surface area contributed by atoms with Crippen molar-refractivity contribution in [2.45, 2.75) is 24.9 Å². The van der Waals surface area contributed by atoms with Gasteiger partial charge in [0, 0.05) is 37.1 Å². The fourth-order valence-corrected chi connectivity index (χ4v) is 4.10. The first kappa shape index (κ1) is 12.6. The summed E-state index contributed by atoms with van der Waals surface area (Å²) < 4.78 is 0. The second-order valence-corrected chi connectivity index (χ2v) is 6.48. The number of nitrogens with one attached hydrogen (secondary N) is 1. The van der Waals surface area contributed by atoms with E-state index < -0.39 is 0 Å². The lowest BCUT2D eigenvalue weighted by molar-refractivity contribution is 0.0955. The Morgan fingerprint density at radius 2 is 2.17 bits per heavy atom. The molecule has 1 aromatic heterocycles. The monoisotopic (exact) mass is 265 g/mol. The van der Waals surface area contributed by atoms with Gasteiger partial charge in [-0.15, -0.1) is 11.3 Å². The molecular formula is C14H23N3S. The van der Waals surface area contributed by atoms with E-state index in [2.05, 4.69) is 39.7 Å². The van der Waals surface area contributed by atoms with Crippen LogP contribution in [0.5, 0.6) is 0 Å². The average molecular weight is 265 g/mol. The van der Waals surface area contributed by atoms with Crippen molar-refractivity contribution in [3.63, 3.8) is 0 Å². The van der Waals surface area contributed by atoms with Crippen LogP contribution in [0, 0.1) is 0 Å². The fourth-order valence-electron chi connectivity index (χ4n) is 3.17. The molecule has 2 aliphatic rings. The van der Waals surface area contributed by atoms with Gasteiger partial charge in [-0.2, -0.15) is 0 Å². The summed E-state index contributed by atoms with van der Waals surface area (Å²) in [6.07, 6.45) is 2.66. The minimum atomic E-state index is 0.598. The molecule has 0 radical (unpaired) electrons. The number of likely N-dealkylation sites (N-methyl/N-ethyl adjacent to an activating group) is 1. The van der Waals surface area contributed by atoms with E-state index in [4.69, 9.17) is 0 Å². The van der Waals surface area contributed by atoms with Crippen molar-refractivity contribution in [3.8, 4) is 0 Å². The van der Waals surface area contributed by atoms with Crippen LogP contribution >= 0.6 is 11.3 Å². The Morgan fingerprint density at radius 1 is 1.33 bits per heavy atom. The highest BCUT2D eigenvalue weighted by Gasteiger charge is 2.32. The standard InChI is InChI=1S/C14H23N3S/c1-16-7-9-17(10-8-16)14(12-4-2-6-15-12)13-5-3-11-18-13/h3,5,11-12,14-15H,2,4,6-10H2,1H3. The van der Waals surface area contributed by atoms with Gasteiger partial charge >= 0.3 is 0 Å². The summed E-state index contributed by atoms with van der Waals surface area (Å²) in [6.45, 7) is 6.01. The summed E-state index contributed by atoms with van der Waals surface area (Å²) in [5.74, 6) is 0. The molecule has 4 heteroatoms. The van der Waals surface area contributed by atoms with Crippen LogP contribution in [0.25, 0.3) is 0 Å². The Hall–Kier alpha value is -0.420. The van der Waals surface area contributed by atoms with Crippen LogP contribution in [0.1, 0.15) is 23.8 Å². The van der Waals surface area contributed by atoms with Gasteiger partial charge in [0.1, 0.15) is 0 Å². The minimum Gasteiger partial charge on any atom is -0.312 e. The van der Waals surface area contributed by atoms with E-state index in [0.29, 0.717) is 12.1 Å². The molecule has 100 valence electrons. The molecule has 2 fully saturated rings. The molecule has 3 heterocycles. The van der Waals surface area contributed by atoms with Crippen LogP contribution in [0.15, 0.2) is 17.5 Å². The first-order valence-electron chi connectivity index (χ1n) is 7.04. The number of hydrogen-bond acceptors (Lipinski definition) is 4. The molecule has 18 heavy (non-hydrogen) atoms. The lowest BCUT2D eigenvalue weighted by Crippen LogP contribution is -2.50. The predicted octanol–water partition coefficient (Wildman–Crippen LogP) is 1.79. The van der Waals surface area contributed by atoms with Crippen molar-refractivity contribution < 1.29 is 0 Å². The topological polar surface area (TPSA) is 18.5 Å². The summed E-state index contributed by atoms with van der Waals surface area (Å²) in [7, 11) is 2.23. The number of nitrogens with zero attached hydrogens (tertiary/aromatic N) is 2. The van der Waals surface area contributed by atoms with Crippen LogP contribution in [-0.4, -0.2) is 55.6 Å². The van der Waals surface area contributed by atoms with Gasteiger partial charge in [-0.1, -0.05) is 6.07 Å². The highest BCUT2D eigenvalue weighted by atomic mass is 32.1. The zero-order valence-corrected chi connectivity index (χ0v) is 12.0. The Bertz CT molecular complexity index is 351. The summed E-state index contributed by atoms with van der Waals surface area (Å²) in [5, 5.41) is 5.92. The van der Waals surface area contributed by atoms with Crippen molar-refractivity contribution in [2.75, 3.05) is 39.8 Å². The zero-order chi connectivity index (χ0) is 12.4. The summed E-state index contributed by atoms with van der Waals surface area (Å²) in [6, 6.07) is 5.76. The first-order valence-corrected chi connectivity index (χ1v) is 7.92. The Balaban J connectivity index is 1.76. The van der Waals surface area contributed by atoms with Gasteiger partial charge in [0.2, 0.25) is 0 Å². The summed E-state index contributed by atoms with van der Waals surface area (Å²) in [5.41, 5.74) is 0. The third-order valence-electron chi connectivity index (χ3n) is 4.25. The maximum Gasteiger partial charge on any atom is 0.0596 e. The molecule has 3 nitrogen and oxygen atoms in total. The van der Waals surface area contributed by atoms with E-state index in [-0.39, 0.29) is 0 Å². The largest absolute Gasteiger partial charge is 0.312 e. The van der Waals surface area contributed by atoms with Crippen LogP contribution in [0.2, 0.25) is 0 Å². The fraction of sp³-hybridized carbons (Fsp3) is 0.714. The maximum atomic E-state index is 3.70. The first-order chi connectivity index (χ1) is 8.84. The molecule has 0 spiro atoms. The summed E-state index contributed by atoms with van der Waals surface area (Å²) >= 11 is 1.92. The van der Waals surface area contributed by atoms with E-state index in [1.54, 1.807) is 4.88 Å². The van der Waals surface area contributed by atoms with Gasteiger partial charge in [-0.3, -0.25) is 4.90 Å². The van der Waals surface area contributed by atoms with Gasteiger partial charge in [0.15, 0.2) is 0 Å². The number of rotatable bonds is 3. The Morgan fingerprint density at radius 3 is 2.78 bits per heavy atom. The van der Waals surface area contributed by atoms with Crippen LogP contribution in [0.3, 0.4) is 0 Å².